The van der Waals surface area contributed by atoms with Crippen LogP contribution in [-0.2, 0) is 14.8 Å². The van der Waals surface area contributed by atoms with Gasteiger partial charge >= 0.3 is 0 Å². The van der Waals surface area contributed by atoms with Gasteiger partial charge in [-0.15, -0.1) is 0 Å². The molecule has 148 valence electrons. The van der Waals surface area contributed by atoms with E-state index in [1.807, 2.05) is 0 Å². The van der Waals surface area contributed by atoms with E-state index in [0.717, 1.165) is 24.7 Å². The summed E-state index contributed by atoms with van der Waals surface area (Å²) in [6, 6.07) is 9.06. The highest BCUT2D eigenvalue weighted by atomic mass is 32.2. The number of fused-ring (bicyclic) bond motifs is 1. The fraction of sp³-hybridized carbons (Fsp3) is 0.350. The molecule has 1 saturated carbocycles. The van der Waals surface area contributed by atoms with Crippen molar-refractivity contribution in [2.75, 3.05) is 15.9 Å². The van der Waals surface area contributed by atoms with Crippen LogP contribution in [0.15, 0.2) is 36.4 Å². The SMILES string of the molecule is CC1(C)Oc2cc(NS(C)(=O)=O)cc(C3CC3)c2N(c2ccc(F)cc2)C1=O. The van der Waals surface area contributed by atoms with Crippen molar-refractivity contribution in [2.24, 2.45) is 0 Å². The van der Waals surface area contributed by atoms with Crippen LogP contribution < -0.4 is 14.4 Å². The molecule has 2 aliphatic rings. The topological polar surface area (TPSA) is 75.7 Å². The summed E-state index contributed by atoms with van der Waals surface area (Å²) in [6.45, 7) is 3.31. The second-order valence-corrected chi connectivity index (χ2v) is 9.54. The second-order valence-electron chi connectivity index (χ2n) is 7.79. The Balaban J connectivity index is 1.93. The van der Waals surface area contributed by atoms with Crippen molar-refractivity contribution >= 4 is 33.0 Å². The van der Waals surface area contributed by atoms with Gasteiger partial charge in [0.05, 0.1) is 17.6 Å². The molecule has 0 unspecified atom stereocenters. The molecule has 0 aromatic heterocycles. The van der Waals surface area contributed by atoms with Gasteiger partial charge in [0.1, 0.15) is 11.6 Å². The third kappa shape index (κ3) is 3.44. The predicted molar refractivity (Wildman–Crippen MR) is 105 cm³/mol. The second kappa shape index (κ2) is 6.20. The minimum absolute atomic E-state index is 0.218. The highest BCUT2D eigenvalue weighted by molar-refractivity contribution is 7.92. The van der Waals surface area contributed by atoms with Gasteiger partial charge < -0.3 is 4.74 Å². The predicted octanol–water partition coefficient (Wildman–Crippen LogP) is 3.91. The largest absolute Gasteiger partial charge is 0.476 e. The average Bonchev–Trinajstić information content (AvgIpc) is 3.40. The van der Waals surface area contributed by atoms with Crippen molar-refractivity contribution < 1.29 is 22.3 Å². The number of hydrogen-bond acceptors (Lipinski definition) is 4. The van der Waals surface area contributed by atoms with Gasteiger partial charge in [0.2, 0.25) is 10.0 Å². The van der Waals surface area contributed by atoms with Gasteiger partial charge in [0, 0.05) is 11.8 Å². The number of hydrogen-bond donors (Lipinski definition) is 1. The van der Waals surface area contributed by atoms with Crippen molar-refractivity contribution in [3.8, 4) is 5.75 Å². The van der Waals surface area contributed by atoms with E-state index in [-0.39, 0.29) is 17.6 Å². The van der Waals surface area contributed by atoms with Gasteiger partial charge in [0.15, 0.2) is 5.60 Å². The Morgan fingerprint density at radius 2 is 1.82 bits per heavy atom. The molecule has 1 amide bonds. The molecule has 2 aromatic carbocycles. The Bertz CT molecular complexity index is 1060. The Morgan fingerprint density at radius 3 is 2.39 bits per heavy atom. The van der Waals surface area contributed by atoms with Crippen LogP contribution in [0.1, 0.15) is 38.2 Å². The molecule has 0 atom stereocenters. The molecule has 0 saturated heterocycles. The van der Waals surface area contributed by atoms with Crippen molar-refractivity contribution in [3.63, 3.8) is 0 Å². The first-order valence-corrected chi connectivity index (χ1v) is 10.9. The van der Waals surface area contributed by atoms with Crippen LogP contribution in [0.25, 0.3) is 0 Å². The van der Waals surface area contributed by atoms with E-state index in [1.165, 1.54) is 12.1 Å². The van der Waals surface area contributed by atoms with Crippen LogP contribution in [0.4, 0.5) is 21.5 Å². The Hall–Kier alpha value is -2.61. The number of anilines is 3. The molecular weight excluding hydrogens is 383 g/mol. The third-order valence-electron chi connectivity index (χ3n) is 4.82. The quantitative estimate of drug-likeness (QED) is 0.838. The van der Waals surface area contributed by atoms with Gasteiger partial charge in [-0.2, -0.15) is 0 Å². The molecule has 0 radical (unpaired) electrons. The lowest BCUT2D eigenvalue weighted by Gasteiger charge is -2.40. The molecule has 1 N–H and O–H groups in total. The van der Waals surface area contributed by atoms with E-state index >= 15 is 0 Å². The highest BCUT2D eigenvalue weighted by Gasteiger charge is 2.44. The van der Waals surface area contributed by atoms with E-state index in [9.17, 15) is 17.6 Å². The van der Waals surface area contributed by atoms with Gasteiger partial charge in [-0.3, -0.25) is 14.4 Å². The summed E-state index contributed by atoms with van der Waals surface area (Å²) >= 11 is 0. The molecule has 4 rings (SSSR count). The lowest BCUT2D eigenvalue weighted by atomic mass is 9.98. The maximum absolute atomic E-state index is 13.4. The molecule has 1 aliphatic carbocycles. The van der Waals surface area contributed by atoms with Crippen LogP contribution in [0, 0.1) is 5.82 Å². The number of sulfonamides is 1. The molecule has 1 fully saturated rings. The third-order valence-corrected chi connectivity index (χ3v) is 5.42. The zero-order chi connectivity index (χ0) is 20.3. The first-order chi connectivity index (χ1) is 13.0. The lowest BCUT2D eigenvalue weighted by Crippen LogP contribution is -2.50. The monoisotopic (exact) mass is 404 g/mol. The van der Waals surface area contributed by atoms with Crippen LogP contribution in [0.2, 0.25) is 0 Å². The summed E-state index contributed by atoms with van der Waals surface area (Å²) in [5.41, 5.74) is 1.21. The summed E-state index contributed by atoms with van der Waals surface area (Å²) in [5.74, 6) is -0.0171. The Morgan fingerprint density at radius 1 is 1.18 bits per heavy atom. The molecule has 0 spiro atoms. The highest BCUT2D eigenvalue weighted by Crippen LogP contribution is 2.53. The number of carbonyl (C=O) groups is 1. The van der Waals surface area contributed by atoms with Crippen LogP contribution in [0.3, 0.4) is 0 Å². The number of amides is 1. The van der Waals surface area contributed by atoms with Gasteiger partial charge in [-0.05, 0) is 68.5 Å². The van der Waals surface area contributed by atoms with E-state index in [2.05, 4.69) is 4.72 Å². The summed E-state index contributed by atoms with van der Waals surface area (Å²) in [5, 5.41) is 0. The molecule has 8 heteroatoms. The van der Waals surface area contributed by atoms with E-state index in [0.29, 0.717) is 22.8 Å². The van der Waals surface area contributed by atoms with Crippen LogP contribution in [0.5, 0.6) is 5.75 Å². The number of nitrogens with zero attached hydrogens (tertiary/aromatic N) is 1. The number of halogens is 1. The molecule has 28 heavy (non-hydrogen) atoms. The molecule has 6 nitrogen and oxygen atoms in total. The maximum Gasteiger partial charge on any atom is 0.275 e. The number of carbonyl (C=O) groups excluding carboxylic acids is 1. The minimum Gasteiger partial charge on any atom is -0.476 e. The van der Waals surface area contributed by atoms with Crippen molar-refractivity contribution in [3.05, 3.63) is 47.8 Å². The van der Waals surface area contributed by atoms with E-state index in [1.54, 1.807) is 43.0 Å². The molecule has 1 aliphatic heterocycles. The maximum atomic E-state index is 13.4. The first-order valence-electron chi connectivity index (χ1n) is 9.00. The summed E-state index contributed by atoms with van der Waals surface area (Å²) < 4.78 is 45.3. The number of rotatable bonds is 4. The van der Waals surface area contributed by atoms with Crippen molar-refractivity contribution in [1.82, 2.24) is 0 Å². The summed E-state index contributed by atoms with van der Waals surface area (Å²) in [6.07, 6.45) is 2.98. The number of benzene rings is 2. The summed E-state index contributed by atoms with van der Waals surface area (Å²) in [7, 11) is -3.46. The van der Waals surface area contributed by atoms with Crippen molar-refractivity contribution in [1.29, 1.82) is 0 Å². The van der Waals surface area contributed by atoms with Gasteiger partial charge in [-0.25, -0.2) is 12.8 Å². The van der Waals surface area contributed by atoms with Crippen molar-refractivity contribution in [2.45, 2.75) is 38.2 Å². The molecule has 0 bridgehead atoms. The van der Waals surface area contributed by atoms with Crippen LogP contribution >= 0.6 is 0 Å². The molecular formula is C20H21FN2O4S. The number of ether oxygens (including phenoxy) is 1. The zero-order valence-electron chi connectivity index (χ0n) is 15.8. The standard InChI is InChI=1S/C20H21FN2O4S/c1-20(2)19(24)23(15-8-6-13(21)7-9-15)18-16(12-4-5-12)10-14(11-17(18)27-20)22-28(3,25)26/h6-12,22H,4-5H2,1-3H3. The van der Waals surface area contributed by atoms with Crippen LogP contribution in [-0.4, -0.2) is 26.2 Å². The number of nitrogens with one attached hydrogen (secondary N) is 1. The molecule has 1 heterocycles. The van der Waals surface area contributed by atoms with Gasteiger partial charge in [0.25, 0.3) is 5.91 Å². The first kappa shape index (κ1) is 18.7. The fourth-order valence-corrected chi connectivity index (χ4v) is 4.00. The van der Waals surface area contributed by atoms with E-state index < -0.39 is 15.6 Å². The summed E-state index contributed by atoms with van der Waals surface area (Å²) in [4.78, 5) is 14.8. The Labute approximate surface area is 163 Å². The fourth-order valence-electron chi connectivity index (χ4n) is 3.45. The zero-order valence-corrected chi connectivity index (χ0v) is 16.6. The minimum atomic E-state index is -3.46. The molecule has 2 aromatic rings. The van der Waals surface area contributed by atoms with E-state index in [4.69, 9.17) is 4.74 Å². The normalized spacial score (nSPS) is 18.4. The average molecular weight is 404 g/mol. The smallest absolute Gasteiger partial charge is 0.275 e. The Kier molecular flexibility index (Phi) is 4.15. The van der Waals surface area contributed by atoms with Gasteiger partial charge in [-0.1, -0.05) is 0 Å². The lowest BCUT2D eigenvalue weighted by molar-refractivity contribution is -0.131.